The van der Waals surface area contributed by atoms with Crippen LogP contribution in [0, 0.1) is 17.2 Å². The van der Waals surface area contributed by atoms with Crippen molar-refractivity contribution in [2.75, 3.05) is 25.0 Å². The Morgan fingerprint density at radius 3 is 2.68 bits per heavy atom. The minimum atomic E-state index is 0.0262. The molecule has 2 aromatic heterocycles. The lowest BCUT2D eigenvalue weighted by atomic mass is 9.95. The molecule has 1 amide bonds. The zero-order valence-electron chi connectivity index (χ0n) is 15.7. The molecule has 3 aromatic rings. The summed E-state index contributed by atoms with van der Waals surface area (Å²) >= 11 is 0. The number of amides is 1. The number of aromatic nitrogens is 4. The molecule has 3 heterocycles. The fraction of sp³-hybridized carbons (Fsp3) is 0.350. The van der Waals surface area contributed by atoms with Crippen LogP contribution in [0.25, 0.3) is 5.65 Å². The summed E-state index contributed by atoms with van der Waals surface area (Å²) in [5, 5.41) is 21.2. The molecule has 0 N–H and O–H groups in total. The maximum absolute atomic E-state index is 12.8. The lowest BCUT2D eigenvalue weighted by Gasteiger charge is -2.33. The molecule has 28 heavy (non-hydrogen) atoms. The van der Waals surface area contributed by atoms with Gasteiger partial charge in [0.1, 0.15) is 12.1 Å². The number of piperidine rings is 1. The fourth-order valence-corrected chi connectivity index (χ4v) is 3.59. The molecular weight excluding hydrogens is 354 g/mol. The molecule has 8 nitrogen and oxygen atoms in total. The van der Waals surface area contributed by atoms with E-state index in [0.717, 1.165) is 43.0 Å². The first-order valence-electron chi connectivity index (χ1n) is 9.30. The predicted octanol–water partition coefficient (Wildman–Crippen LogP) is 1.87. The van der Waals surface area contributed by atoms with E-state index in [1.807, 2.05) is 31.3 Å². The Hall–Kier alpha value is -3.47. The first-order valence-corrected chi connectivity index (χ1v) is 9.30. The SMILES string of the molecule is CN(Cc1ccc(C#N)cc1)C(=O)C1CCN(c2ccc3nncn3n2)CC1. The number of nitrogens with zero attached hydrogens (tertiary/aromatic N) is 7. The Kier molecular flexibility index (Phi) is 4.89. The number of hydrogen-bond acceptors (Lipinski definition) is 6. The van der Waals surface area contributed by atoms with Gasteiger partial charge in [-0.3, -0.25) is 4.79 Å². The van der Waals surface area contributed by atoms with Crippen LogP contribution in [0.2, 0.25) is 0 Å². The summed E-state index contributed by atoms with van der Waals surface area (Å²) in [4.78, 5) is 16.8. The van der Waals surface area contributed by atoms with Crippen LogP contribution in [0.15, 0.2) is 42.7 Å². The number of anilines is 1. The molecule has 0 atom stereocenters. The molecule has 1 saturated heterocycles. The van der Waals surface area contributed by atoms with Crippen molar-refractivity contribution < 1.29 is 4.79 Å². The molecule has 4 rings (SSSR count). The molecule has 0 unspecified atom stereocenters. The van der Waals surface area contributed by atoms with E-state index in [-0.39, 0.29) is 11.8 Å². The van der Waals surface area contributed by atoms with Crippen LogP contribution in [0.4, 0.5) is 5.82 Å². The summed E-state index contributed by atoms with van der Waals surface area (Å²) < 4.78 is 1.66. The zero-order chi connectivity index (χ0) is 19.5. The van der Waals surface area contributed by atoms with Crippen LogP contribution < -0.4 is 4.90 Å². The summed E-state index contributed by atoms with van der Waals surface area (Å²) in [5.74, 6) is 1.08. The third-order valence-corrected chi connectivity index (χ3v) is 5.19. The van der Waals surface area contributed by atoms with Crippen LogP contribution >= 0.6 is 0 Å². The van der Waals surface area contributed by atoms with Gasteiger partial charge in [-0.15, -0.1) is 15.3 Å². The Bertz CT molecular complexity index is 1010. The quantitative estimate of drug-likeness (QED) is 0.691. The van der Waals surface area contributed by atoms with E-state index in [2.05, 4.69) is 26.3 Å². The summed E-state index contributed by atoms with van der Waals surface area (Å²) in [6.45, 7) is 2.14. The monoisotopic (exact) mass is 375 g/mol. The minimum absolute atomic E-state index is 0.0262. The Morgan fingerprint density at radius 2 is 1.96 bits per heavy atom. The summed E-state index contributed by atoms with van der Waals surface area (Å²) in [6.07, 6.45) is 3.20. The standard InChI is InChI=1S/C20H21N7O/c1-25(13-16-4-2-15(12-21)3-5-16)20(28)17-8-10-26(11-9-17)19-7-6-18-23-22-14-27(18)24-19/h2-7,14,17H,8-11,13H2,1H3. The summed E-state index contributed by atoms with van der Waals surface area (Å²) in [5.41, 5.74) is 2.38. The maximum Gasteiger partial charge on any atom is 0.225 e. The smallest absolute Gasteiger partial charge is 0.225 e. The highest BCUT2D eigenvalue weighted by atomic mass is 16.2. The topological polar surface area (TPSA) is 90.4 Å². The molecule has 8 heteroatoms. The van der Waals surface area contributed by atoms with Gasteiger partial charge in [0.15, 0.2) is 5.65 Å². The number of fused-ring (bicyclic) bond motifs is 1. The molecule has 0 bridgehead atoms. The van der Waals surface area contributed by atoms with E-state index in [0.29, 0.717) is 12.1 Å². The molecule has 1 aliphatic rings. The lowest BCUT2D eigenvalue weighted by molar-refractivity contribution is -0.135. The summed E-state index contributed by atoms with van der Waals surface area (Å²) in [7, 11) is 1.84. The van der Waals surface area contributed by atoms with Crippen LogP contribution in [0.3, 0.4) is 0 Å². The highest BCUT2D eigenvalue weighted by molar-refractivity contribution is 5.79. The fourth-order valence-electron chi connectivity index (χ4n) is 3.59. The Labute approximate surface area is 163 Å². The average molecular weight is 375 g/mol. The van der Waals surface area contributed by atoms with Crippen molar-refractivity contribution in [3.05, 3.63) is 53.9 Å². The summed E-state index contributed by atoms with van der Waals surface area (Å²) in [6, 6.07) is 13.3. The molecule has 0 saturated carbocycles. The lowest BCUT2D eigenvalue weighted by Crippen LogP contribution is -2.41. The third-order valence-electron chi connectivity index (χ3n) is 5.19. The predicted molar refractivity (Wildman–Crippen MR) is 103 cm³/mol. The second-order valence-corrected chi connectivity index (χ2v) is 7.09. The molecule has 1 aliphatic heterocycles. The number of carbonyl (C=O) groups excluding carboxylic acids is 1. The highest BCUT2D eigenvalue weighted by Crippen LogP contribution is 2.23. The van der Waals surface area contributed by atoms with Gasteiger partial charge in [-0.1, -0.05) is 12.1 Å². The van der Waals surface area contributed by atoms with Crippen LogP contribution in [-0.2, 0) is 11.3 Å². The van der Waals surface area contributed by atoms with Gasteiger partial charge in [-0.05, 0) is 42.7 Å². The van der Waals surface area contributed by atoms with Crippen molar-refractivity contribution in [1.29, 1.82) is 5.26 Å². The van der Waals surface area contributed by atoms with E-state index in [1.54, 1.807) is 27.9 Å². The van der Waals surface area contributed by atoms with Gasteiger partial charge < -0.3 is 9.80 Å². The van der Waals surface area contributed by atoms with Gasteiger partial charge in [0.05, 0.1) is 11.6 Å². The van der Waals surface area contributed by atoms with E-state index >= 15 is 0 Å². The first kappa shape index (κ1) is 17.9. The number of hydrogen-bond donors (Lipinski definition) is 0. The zero-order valence-corrected chi connectivity index (χ0v) is 15.7. The van der Waals surface area contributed by atoms with Crippen LogP contribution in [0.5, 0.6) is 0 Å². The van der Waals surface area contributed by atoms with Crippen LogP contribution in [0.1, 0.15) is 24.0 Å². The van der Waals surface area contributed by atoms with E-state index < -0.39 is 0 Å². The Morgan fingerprint density at radius 1 is 1.21 bits per heavy atom. The van der Waals surface area contributed by atoms with Crippen LogP contribution in [-0.4, -0.2) is 50.8 Å². The van der Waals surface area contributed by atoms with Crippen molar-refractivity contribution in [2.24, 2.45) is 5.92 Å². The third kappa shape index (κ3) is 3.64. The largest absolute Gasteiger partial charge is 0.355 e. The molecule has 0 spiro atoms. The molecule has 0 radical (unpaired) electrons. The molecule has 1 aromatic carbocycles. The second-order valence-electron chi connectivity index (χ2n) is 7.09. The number of carbonyl (C=O) groups is 1. The van der Waals surface area contributed by atoms with Gasteiger partial charge in [0, 0.05) is 32.6 Å². The van der Waals surface area contributed by atoms with E-state index in [1.165, 1.54) is 0 Å². The van der Waals surface area contributed by atoms with Gasteiger partial charge in [-0.2, -0.15) is 9.78 Å². The molecule has 1 fully saturated rings. The van der Waals surface area contributed by atoms with E-state index in [4.69, 9.17) is 5.26 Å². The van der Waals surface area contributed by atoms with Gasteiger partial charge in [-0.25, -0.2) is 0 Å². The molecule has 142 valence electrons. The van der Waals surface area contributed by atoms with Crippen molar-refractivity contribution in [3.63, 3.8) is 0 Å². The van der Waals surface area contributed by atoms with Gasteiger partial charge in [0.2, 0.25) is 5.91 Å². The number of rotatable bonds is 4. The number of benzene rings is 1. The molecular formula is C20H21N7O. The normalized spacial score (nSPS) is 14.8. The van der Waals surface area contributed by atoms with Crippen molar-refractivity contribution >= 4 is 17.4 Å². The van der Waals surface area contributed by atoms with E-state index in [9.17, 15) is 4.79 Å². The minimum Gasteiger partial charge on any atom is -0.355 e. The van der Waals surface area contributed by atoms with Crippen molar-refractivity contribution in [1.82, 2.24) is 24.7 Å². The van der Waals surface area contributed by atoms with Crippen molar-refractivity contribution in [3.8, 4) is 6.07 Å². The average Bonchev–Trinajstić information content (AvgIpc) is 3.22. The van der Waals surface area contributed by atoms with Gasteiger partial charge in [0.25, 0.3) is 0 Å². The Balaban J connectivity index is 1.34. The highest BCUT2D eigenvalue weighted by Gasteiger charge is 2.28. The first-order chi connectivity index (χ1) is 13.6. The molecule has 0 aliphatic carbocycles. The van der Waals surface area contributed by atoms with Gasteiger partial charge >= 0.3 is 0 Å². The van der Waals surface area contributed by atoms with Crippen molar-refractivity contribution in [2.45, 2.75) is 19.4 Å². The second kappa shape index (κ2) is 7.64. The maximum atomic E-state index is 12.8. The number of nitriles is 1.